The first-order valence-corrected chi connectivity index (χ1v) is 4.59. The van der Waals surface area contributed by atoms with Gasteiger partial charge in [-0.2, -0.15) is 0 Å². The molecule has 4 heteroatoms. The molecule has 16 heavy (non-hydrogen) atoms. The van der Waals surface area contributed by atoms with Crippen LogP contribution in [0.3, 0.4) is 0 Å². The van der Waals surface area contributed by atoms with Crippen LogP contribution in [0.4, 0.5) is 0 Å². The first-order valence-electron chi connectivity index (χ1n) is 4.59. The first kappa shape index (κ1) is 10.2. The second kappa shape index (κ2) is 4.44. The maximum atomic E-state index is 10.3. The molecule has 80 valence electrons. The van der Waals surface area contributed by atoms with Gasteiger partial charge in [0.15, 0.2) is 0 Å². The molecule has 0 saturated heterocycles. The average Bonchev–Trinajstić information content (AvgIpc) is 2.31. The molecule has 0 aromatic heterocycles. The SMILES string of the molecule is O=COc1cccc2c(OC=O)cccc12. The highest BCUT2D eigenvalue weighted by atomic mass is 16.5. The molecular weight excluding hydrogens is 208 g/mol. The zero-order chi connectivity index (χ0) is 11.4. The Labute approximate surface area is 91.4 Å². The molecule has 2 rings (SSSR count). The number of carbonyl (C=O) groups excluding carboxylic acids is 2. The van der Waals surface area contributed by atoms with Gasteiger partial charge in [0.2, 0.25) is 0 Å². The van der Waals surface area contributed by atoms with E-state index in [1.54, 1.807) is 36.4 Å². The van der Waals surface area contributed by atoms with Crippen molar-refractivity contribution in [2.75, 3.05) is 0 Å². The van der Waals surface area contributed by atoms with Crippen LogP contribution < -0.4 is 9.47 Å². The van der Waals surface area contributed by atoms with E-state index < -0.39 is 0 Å². The summed E-state index contributed by atoms with van der Waals surface area (Å²) in [5.41, 5.74) is 0. The highest BCUT2D eigenvalue weighted by Crippen LogP contribution is 2.31. The van der Waals surface area contributed by atoms with E-state index in [2.05, 4.69) is 0 Å². The lowest BCUT2D eigenvalue weighted by Gasteiger charge is -2.06. The van der Waals surface area contributed by atoms with Crippen LogP contribution in [0.15, 0.2) is 36.4 Å². The Bertz CT molecular complexity index is 484. The van der Waals surface area contributed by atoms with Gasteiger partial charge in [0.1, 0.15) is 11.5 Å². The molecule has 0 N–H and O–H groups in total. The Kier molecular flexibility index (Phi) is 2.82. The maximum Gasteiger partial charge on any atom is 0.298 e. The van der Waals surface area contributed by atoms with Crippen LogP contribution in [0.1, 0.15) is 0 Å². The van der Waals surface area contributed by atoms with Crippen LogP contribution in [-0.4, -0.2) is 12.9 Å². The molecule has 0 atom stereocenters. The Morgan fingerprint density at radius 2 is 1.19 bits per heavy atom. The molecule has 2 aromatic rings. The van der Waals surface area contributed by atoms with E-state index in [-0.39, 0.29) is 0 Å². The maximum absolute atomic E-state index is 10.3. The molecule has 0 unspecified atom stereocenters. The topological polar surface area (TPSA) is 52.6 Å². The fourth-order valence-corrected chi connectivity index (χ4v) is 1.56. The fraction of sp³-hybridized carbons (Fsp3) is 0. The summed E-state index contributed by atoms with van der Waals surface area (Å²) < 4.78 is 9.66. The summed E-state index contributed by atoms with van der Waals surface area (Å²) in [6.45, 7) is 0.726. The Morgan fingerprint density at radius 1 is 0.750 bits per heavy atom. The second-order valence-electron chi connectivity index (χ2n) is 3.04. The smallest absolute Gasteiger partial charge is 0.298 e. The van der Waals surface area contributed by atoms with Crippen molar-refractivity contribution in [3.63, 3.8) is 0 Å². The zero-order valence-corrected chi connectivity index (χ0v) is 8.25. The average molecular weight is 216 g/mol. The van der Waals surface area contributed by atoms with Crippen molar-refractivity contribution in [3.8, 4) is 11.5 Å². The summed E-state index contributed by atoms with van der Waals surface area (Å²) in [6, 6.07) is 10.3. The molecule has 0 aliphatic heterocycles. The number of hydrogen-bond donors (Lipinski definition) is 0. The molecule has 2 aromatic carbocycles. The molecule has 0 fully saturated rings. The van der Waals surface area contributed by atoms with Crippen molar-refractivity contribution in [3.05, 3.63) is 36.4 Å². The van der Waals surface area contributed by atoms with Gasteiger partial charge in [0.05, 0.1) is 0 Å². The molecule has 0 saturated carbocycles. The summed E-state index contributed by atoms with van der Waals surface area (Å²) in [7, 11) is 0. The van der Waals surface area contributed by atoms with Crippen LogP contribution in [0, 0.1) is 0 Å². The summed E-state index contributed by atoms with van der Waals surface area (Å²) in [5.74, 6) is 0.868. The van der Waals surface area contributed by atoms with E-state index in [1.807, 2.05) is 0 Å². The summed E-state index contributed by atoms with van der Waals surface area (Å²) in [6.07, 6.45) is 0. The lowest BCUT2D eigenvalue weighted by molar-refractivity contribution is -0.121. The third kappa shape index (κ3) is 1.72. The molecular formula is C12H8O4. The monoisotopic (exact) mass is 216 g/mol. The highest BCUT2D eigenvalue weighted by Gasteiger charge is 2.06. The van der Waals surface area contributed by atoms with Gasteiger partial charge in [0, 0.05) is 10.8 Å². The van der Waals surface area contributed by atoms with E-state index in [0.717, 1.165) is 0 Å². The Balaban J connectivity index is 2.65. The largest absolute Gasteiger partial charge is 0.428 e. The van der Waals surface area contributed by atoms with Gasteiger partial charge < -0.3 is 9.47 Å². The molecule has 0 amide bonds. The molecule has 0 aliphatic rings. The minimum atomic E-state index is 0.363. The highest BCUT2D eigenvalue weighted by molar-refractivity contribution is 5.94. The summed E-state index contributed by atoms with van der Waals surface area (Å²) in [5, 5.41) is 1.43. The van der Waals surface area contributed by atoms with Gasteiger partial charge in [0.25, 0.3) is 12.9 Å². The predicted octanol–water partition coefficient (Wildman–Crippen LogP) is 1.91. The quantitative estimate of drug-likeness (QED) is 0.732. The number of carbonyl (C=O) groups is 2. The zero-order valence-electron chi connectivity index (χ0n) is 8.25. The molecule has 0 bridgehead atoms. The van der Waals surface area contributed by atoms with Gasteiger partial charge in [-0.3, -0.25) is 9.59 Å². The van der Waals surface area contributed by atoms with Crippen LogP contribution >= 0.6 is 0 Å². The van der Waals surface area contributed by atoms with Gasteiger partial charge in [-0.25, -0.2) is 0 Å². The van der Waals surface area contributed by atoms with E-state index in [0.29, 0.717) is 35.2 Å². The van der Waals surface area contributed by atoms with Crippen LogP contribution in [0.2, 0.25) is 0 Å². The van der Waals surface area contributed by atoms with E-state index in [4.69, 9.17) is 9.47 Å². The van der Waals surface area contributed by atoms with Crippen molar-refractivity contribution in [1.29, 1.82) is 0 Å². The van der Waals surface area contributed by atoms with Crippen molar-refractivity contribution >= 4 is 23.7 Å². The predicted molar refractivity (Wildman–Crippen MR) is 57.3 cm³/mol. The lowest BCUT2D eigenvalue weighted by atomic mass is 10.1. The summed E-state index contributed by atoms with van der Waals surface area (Å²) in [4.78, 5) is 20.6. The first-order chi connectivity index (χ1) is 7.86. The molecule has 0 aliphatic carbocycles. The molecule has 0 radical (unpaired) electrons. The Hall–Kier alpha value is -2.36. The van der Waals surface area contributed by atoms with Gasteiger partial charge in [-0.05, 0) is 12.1 Å². The molecule has 4 nitrogen and oxygen atoms in total. The minimum absolute atomic E-state index is 0.363. The van der Waals surface area contributed by atoms with Crippen molar-refractivity contribution < 1.29 is 19.1 Å². The van der Waals surface area contributed by atoms with Crippen LogP contribution in [-0.2, 0) is 9.59 Å². The van der Waals surface area contributed by atoms with Gasteiger partial charge >= 0.3 is 0 Å². The Morgan fingerprint density at radius 3 is 1.56 bits per heavy atom. The van der Waals surface area contributed by atoms with Crippen molar-refractivity contribution in [2.24, 2.45) is 0 Å². The molecule has 0 heterocycles. The molecule has 0 spiro atoms. The summed E-state index contributed by atoms with van der Waals surface area (Å²) >= 11 is 0. The number of rotatable bonds is 4. The van der Waals surface area contributed by atoms with Crippen molar-refractivity contribution in [2.45, 2.75) is 0 Å². The van der Waals surface area contributed by atoms with Crippen molar-refractivity contribution in [1.82, 2.24) is 0 Å². The number of benzene rings is 2. The van der Waals surface area contributed by atoms with E-state index in [9.17, 15) is 9.59 Å². The van der Waals surface area contributed by atoms with Gasteiger partial charge in [-0.15, -0.1) is 0 Å². The normalized spacial score (nSPS) is 9.75. The third-order valence-electron chi connectivity index (χ3n) is 2.19. The fourth-order valence-electron chi connectivity index (χ4n) is 1.56. The van der Waals surface area contributed by atoms with Crippen LogP contribution in [0.25, 0.3) is 10.8 Å². The number of ether oxygens (including phenoxy) is 2. The van der Waals surface area contributed by atoms with E-state index in [1.165, 1.54) is 0 Å². The van der Waals surface area contributed by atoms with E-state index >= 15 is 0 Å². The second-order valence-corrected chi connectivity index (χ2v) is 3.04. The minimum Gasteiger partial charge on any atom is -0.428 e. The lowest BCUT2D eigenvalue weighted by Crippen LogP contribution is -1.92. The third-order valence-corrected chi connectivity index (χ3v) is 2.19. The van der Waals surface area contributed by atoms with Gasteiger partial charge in [-0.1, -0.05) is 24.3 Å². The van der Waals surface area contributed by atoms with Crippen LogP contribution in [0.5, 0.6) is 11.5 Å². The standard InChI is InChI=1S/C12H8O4/c13-7-15-11-5-1-3-9-10(11)4-2-6-12(9)16-8-14/h1-8H. The number of fused-ring (bicyclic) bond motifs is 1. The number of hydrogen-bond acceptors (Lipinski definition) is 4.